The fourth-order valence-electron chi connectivity index (χ4n) is 4.14. The number of halogens is 3. The number of rotatable bonds is 2. The SMILES string of the molecule is CC1(C)OCc2c1cnc1ccc(C(=O)N[C@H]3COc4cc(C(F)(F)F)ccc43)cc21. The Morgan fingerprint density at radius 2 is 2.00 bits per heavy atom. The Balaban J connectivity index is 1.42. The van der Waals surface area contributed by atoms with Gasteiger partial charge in [-0.25, -0.2) is 0 Å². The summed E-state index contributed by atoms with van der Waals surface area (Å²) in [6.45, 7) is 4.47. The molecule has 0 saturated heterocycles. The van der Waals surface area contributed by atoms with Crippen molar-refractivity contribution in [2.24, 2.45) is 0 Å². The zero-order valence-corrected chi connectivity index (χ0v) is 16.8. The topological polar surface area (TPSA) is 60.5 Å². The van der Waals surface area contributed by atoms with Crippen molar-refractivity contribution in [3.05, 3.63) is 70.4 Å². The van der Waals surface area contributed by atoms with Crippen LogP contribution in [-0.4, -0.2) is 17.5 Å². The van der Waals surface area contributed by atoms with E-state index in [0.29, 0.717) is 17.7 Å². The zero-order valence-electron chi connectivity index (χ0n) is 16.8. The van der Waals surface area contributed by atoms with Crippen LogP contribution in [-0.2, 0) is 23.1 Å². The second-order valence-electron chi connectivity index (χ2n) is 8.27. The lowest BCUT2D eigenvalue weighted by molar-refractivity contribution is -0.137. The summed E-state index contributed by atoms with van der Waals surface area (Å²) in [7, 11) is 0. The Hall–Kier alpha value is -3.13. The Labute approximate surface area is 176 Å². The smallest absolute Gasteiger partial charge is 0.416 e. The first kappa shape index (κ1) is 19.8. The lowest BCUT2D eigenvalue weighted by atomic mass is 9.95. The van der Waals surface area contributed by atoms with Gasteiger partial charge in [-0.05, 0) is 49.7 Å². The van der Waals surface area contributed by atoms with Crippen LogP contribution in [0, 0.1) is 0 Å². The minimum Gasteiger partial charge on any atom is -0.491 e. The van der Waals surface area contributed by atoms with Gasteiger partial charge in [0.05, 0.1) is 29.3 Å². The van der Waals surface area contributed by atoms with Crippen LogP contribution in [0.25, 0.3) is 10.9 Å². The second-order valence-corrected chi connectivity index (χ2v) is 8.27. The van der Waals surface area contributed by atoms with Crippen molar-refractivity contribution in [1.29, 1.82) is 0 Å². The summed E-state index contributed by atoms with van der Waals surface area (Å²) in [5, 5.41) is 3.72. The van der Waals surface area contributed by atoms with Gasteiger partial charge in [-0.3, -0.25) is 9.78 Å². The summed E-state index contributed by atoms with van der Waals surface area (Å²) in [6.07, 6.45) is -2.64. The van der Waals surface area contributed by atoms with E-state index in [2.05, 4.69) is 10.3 Å². The zero-order chi connectivity index (χ0) is 22.0. The molecule has 2 aromatic carbocycles. The van der Waals surface area contributed by atoms with E-state index in [4.69, 9.17) is 9.47 Å². The van der Waals surface area contributed by atoms with Crippen LogP contribution in [0.15, 0.2) is 42.6 Å². The first-order valence-electron chi connectivity index (χ1n) is 9.84. The standard InChI is InChI=1S/C23H19F3N2O3/c1-22(2)17-9-27-18-6-3-12(7-15(18)16(17)10-31-22)21(29)28-19-11-30-20-8-13(23(24,25)26)4-5-14(19)20/h3-9,19H,10-11H2,1-2H3,(H,28,29)/t19-/m0/s1. The lowest BCUT2D eigenvalue weighted by Crippen LogP contribution is -2.29. The Kier molecular flexibility index (Phi) is 4.27. The van der Waals surface area contributed by atoms with Gasteiger partial charge < -0.3 is 14.8 Å². The molecule has 1 amide bonds. The van der Waals surface area contributed by atoms with E-state index in [9.17, 15) is 18.0 Å². The number of benzene rings is 2. The Morgan fingerprint density at radius 1 is 1.19 bits per heavy atom. The highest BCUT2D eigenvalue weighted by Crippen LogP contribution is 2.40. The summed E-state index contributed by atoms with van der Waals surface area (Å²) in [6, 6.07) is 8.04. The van der Waals surface area contributed by atoms with Gasteiger partial charge in [0.25, 0.3) is 5.91 Å². The van der Waals surface area contributed by atoms with Gasteiger partial charge in [0, 0.05) is 28.3 Å². The first-order chi connectivity index (χ1) is 14.6. The molecule has 160 valence electrons. The average molecular weight is 428 g/mol. The number of carbonyl (C=O) groups is 1. The van der Waals surface area contributed by atoms with Crippen molar-refractivity contribution in [1.82, 2.24) is 10.3 Å². The van der Waals surface area contributed by atoms with Crippen molar-refractivity contribution in [3.63, 3.8) is 0 Å². The molecule has 3 aromatic rings. The number of amides is 1. The fourth-order valence-corrected chi connectivity index (χ4v) is 4.14. The van der Waals surface area contributed by atoms with E-state index in [1.165, 1.54) is 6.07 Å². The normalized spacial score (nSPS) is 19.1. The predicted molar refractivity (Wildman–Crippen MR) is 107 cm³/mol. The van der Waals surface area contributed by atoms with Crippen LogP contribution >= 0.6 is 0 Å². The molecule has 0 saturated carbocycles. The van der Waals surface area contributed by atoms with Crippen LogP contribution in [0.4, 0.5) is 13.2 Å². The maximum Gasteiger partial charge on any atom is 0.416 e. The quantitative estimate of drug-likeness (QED) is 0.632. The van der Waals surface area contributed by atoms with Gasteiger partial charge in [0.2, 0.25) is 0 Å². The van der Waals surface area contributed by atoms with E-state index >= 15 is 0 Å². The molecule has 0 spiro atoms. The van der Waals surface area contributed by atoms with Crippen molar-refractivity contribution in [2.75, 3.05) is 6.61 Å². The number of pyridine rings is 1. The highest BCUT2D eigenvalue weighted by atomic mass is 19.4. The molecule has 0 bridgehead atoms. The number of hydrogen-bond acceptors (Lipinski definition) is 4. The second kappa shape index (κ2) is 6.68. The van der Waals surface area contributed by atoms with E-state index in [1.54, 1.807) is 18.2 Å². The lowest BCUT2D eigenvalue weighted by Gasteiger charge is -2.17. The van der Waals surface area contributed by atoms with Crippen LogP contribution in [0.1, 0.15) is 52.5 Å². The van der Waals surface area contributed by atoms with Crippen LogP contribution < -0.4 is 10.1 Å². The number of fused-ring (bicyclic) bond motifs is 4. The molecule has 1 aromatic heterocycles. The molecule has 2 aliphatic heterocycles. The molecule has 0 radical (unpaired) electrons. The van der Waals surface area contributed by atoms with Crippen LogP contribution in [0.3, 0.4) is 0 Å². The molecule has 1 N–H and O–H groups in total. The number of nitrogens with zero attached hydrogens (tertiary/aromatic N) is 1. The van der Waals surface area contributed by atoms with Crippen molar-refractivity contribution >= 4 is 16.8 Å². The van der Waals surface area contributed by atoms with Gasteiger partial charge in [-0.1, -0.05) is 6.07 Å². The van der Waals surface area contributed by atoms with Crippen molar-refractivity contribution < 1.29 is 27.4 Å². The average Bonchev–Trinajstić information content (AvgIpc) is 3.27. The number of hydrogen-bond donors (Lipinski definition) is 1. The third-order valence-electron chi connectivity index (χ3n) is 5.89. The predicted octanol–water partition coefficient (Wildman–Crippen LogP) is 4.88. The summed E-state index contributed by atoms with van der Waals surface area (Å²) < 4.78 is 50.0. The molecule has 2 aliphatic rings. The molecule has 5 rings (SSSR count). The highest BCUT2D eigenvalue weighted by molar-refractivity contribution is 5.99. The molecule has 31 heavy (non-hydrogen) atoms. The maximum absolute atomic E-state index is 12.9. The molecular formula is C23H19F3N2O3. The van der Waals surface area contributed by atoms with Crippen molar-refractivity contribution in [3.8, 4) is 5.75 Å². The third kappa shape index (κ3) is 3.31. The van der Waals surface area contributed by atoms with Crippen LogP contribution in [0.5, 0.6) is 5.75 Å². The van der Waals surface area contributed by atoms with Crippen LogP contribution in [0.2, 0.25) is 0 Å². The molecule has 8 heteroatoms. The summed E-state index contributed by atoms with van der Waals surface area (Å²) in [4.78, 5) is 17.4. The summed E-state index contributed by atoms with van der Waals surface area (Å²) in [5.74, 6) is -0.195. The minimum atomic E-state index is -4.45. The summed E-state index contributed by atoms with van der Waals surface area (Å²) in [5.41, 5.74) is 2.53. The van der Waals surface area contributed by atoms with E-state index in [-0.39, 0.29) is 18.3 Å². The number of aromatic nitrogens is 1. The van der Waals surface area contributed by atoms with Gasteiger partial charge >= 0.3 is 6.18 Å². The molecular weight excluding hydrogens is 409 g/mol. The van der Waals surface area contributed by atoms with Gasteiger partial charge in [-0.2, -0.15) is 13.2 Å². The fraction of sp³-hybridized carbons (Fsp3) is 0.304. The van der Waals surface area contributed by atoms with Gasteiger partial charge in [0.15, 0.2) is 0 Å². The molecule has 0 fully saturated rings. The summed E-state index contributed by atoms with van der Waals surface area (Å²) >= 11 is 0. The highest BCUT2D eigenvalue weighted by Gasteiger charge is 2.35. The van der Waals surface area contributed by atoms with E-state index in [1.807, 2.05) is 20.0 Å². The molecule has 1 atom stereocenters. The minimum absolute atomic E-state index is 0.0783. The van der Waals surface area contributed by atoms with Gasteiger partial charge in [-0.15, -0.1) is 0 Å². The van der Waals surface area contributed by atoms with E-state index < -0.39 is 23.4 Å². The number of nitrogens with one attached hydrogen (secondary N) is 1. The van der Waals surface area contributed by atoms with E-state index in [0.717, 1.165) is 34.2 Å². The number of alkyl halides is 3. The third-order valence-corrected chi connectivity index (χ3v) is 5.89. The van der Waals surface area contributed by atoms with Crippen molar-refractivity contribution in [2.45, 2.75) is 38.3 Å². The molecule has 5 nitrogen and oxygen atoms in total. The Bertz CT molecular complexity index is 1220. The Morgan fingerprint density at radius 3 is 2.77 bits per heavy atom. The monoisotopic (exact) mass is 428 g/mol. The molecule has 3 heterocycles. The largest absolute Gasteiger partial charge is 0.491 e. The number of carbonyl (C=O) groups excluding carboxylic acids is 1. The van der Waals surface area contributed by atoms with Gasteiger partial charge in [0.1, 0.15) is 12.4 Å². The molecule has 0 aliphatic carbocycles. The molecule has 0 unspecified atom stereocenters. The first-order valence-corrected chi connectivity index (χ1v) is 9.84. The number of ether oxygens (including phenoxy) is 2. The maximum atomic E-state index is 12.9.